The van der Waals surface area contributed by atoms with Crippen LogP contribution in [-0.2, 0) is 45.6 Å². The maximum Gasteiger partial charge on any atom is 0.148 e. The number of nitrogens with two attached hydrogens (primary N) is 1. The molecule has 0 radical (unpaired) electrons. The van der Waals surface area contributed by atoms with E-state index >= 15 is 0 Å². The van der Waals surface area contributed by atoms with Crippen LogP contribution in [0, 0.1) is 13.8 Å². The highest BCUT2D eigenvalue weighted by Crippen LogP contribution is 2.30. The molecule has 320 valence electrons. The van der Waals surface area contributed by atoms with Crippen molar-refractivity contribution >= 4 is 52.9 Å². The average molecular weight is 926 g/mol. The van der Waals surface area contributed by atoms with Crippen LogP contribution in [0.15, 0.2) is 114 Å². The molecule has 61 heavy (non-hydrogen) atoms. The third-order valence-electron chi connectivity index (χ3n) is 10.5. The number of benzene rings is 2. The van der Waals surface area contributed by atoms with E-state index < -0.39 is 19.7 Å². The van der Waals surface area contributed by atoms with Crippen molar-refractivity contribution in [3.05, 3.63) is 147 Å². The summed E-state index contributed by atoms with van der Waals surface area (Å²) in [5, 5.41) is 3.49. The van der Waals surface area contributed by atoms with Crippen molar-refractivity contribution in [3.63, 3.8) is 0 Å². The molecule has 0 amide bonds. The Morgan fingerprint density at radius 1 is 0.639 bits per heavy atom. The second kappa shape index (κ2) is 20.7. The summed E-state index contributed by atoms with van der Waals surface area (Å²) in [6, 6.07) is 31.8. The summed E-state index contributed by atoms with van der Waals surface area (Å²) in [6.07, 6.45) is 7.98. The molecule has 4 aromatic heterocycles. The summed E-state index contributed by atoms with van der Waals surface area (Å²) in [4.78, 5) is 22.1. The number of hydrogen-bond donors (Lipinski definition) is 2. The van der Waals surface area contributed by atoms with E-state index in [2.05, 4.69) is 76.3 Å². The number of aryl methyl sites for hydroxylation is 2. The Hall–Kier alpha value is -5.06. The molecule has 0 fully saturated rings. The standard InChI is InChI=1S/C23H26N4O2S.C12H16BrNO2S.C11H11N3/c1-17-9-10-22(26-23(17)21-7-3-4-12-24-21)25-20-8-5-6-18-16-27(13-11-19(18)20)14-15-30(2,28)29;1-17(15,16)8-7-14-6-5-11-10(9-14)3-2-4-12(11)13;1-8-5-6-10(12)14-11(8)9-4-2-3-7-13-9/h3-10,12H,11,13-16H2,1-2H3,(H,25,26);2-4H,5-9H2,1H3;2-7H,1H3,(H2,12,14). The van der Waals surface area contributed by atoms with Gasteiger partial charge in [0.05, 0.1) is 34.3 Å². The molecule has 0 atom stereocenters. The zero-order valence-electron chi connectivity index (χ0n) is 35.1. The Labute approximate surface area is 368 Å². The van der Waals surface area contributed by atoms with E-state index in [-0.39, 0.29) is 11.5 Å². The number of sulfone groups is 2. The summed E-state index contributed by atoms with van der Waals surface area (Å²) in [7, 11) is -5.81. The van der Waals surface area contributed by atoms with E-state index in [0.717, 1.165) is 88.9 Å². The van der Waals surface area contributed by atoms with Gasteiger partial charge in [-0.05, 0) is 109 Å². The summed E-state index contributed by atoms with van der Waals surface area (Å²) in [5.74, 6) is 1.76. The highest BCUT2D eigenvalue weighted by atomic mass is 79.9. The molecule has 0 unspecified atom stereocenters. The number of anilines is 3. The van der Waals surface area contributed by atoms with Gasteiger partial charge in [0, 0.05) is 74.3 Å². The molecular formula is C46H53BrN8O4S2. The van der Waals surface area contributed by atoms with Crippen LogP contribution in [0.25, 0.3) is 22.8 Å². The number of aromatic nitrogens is 4. The lowest BCUT2D eigenvalue weighted by Crippen LogP contribution is -2.34. The van der Waals surface area contributed by atoms with Crippen molar-refractivity contribution < 1.29 is 16.8 Å². The summed E-state index contributed by atoms with van der Waals surface area (Å²) < 4.78 is 46.4. The summed E-state index contributed by atoms with van der Waals surface area (Å²) in [5.41, 5.74) is 17.5. The minimum atomic E-state index is -2.95. The van der Waals surface area contributed by atoms with Gasteiger partial charge < -0.3 is 11.1 Å². The number of nitrogens with zero attached hydrogens (tertiary/aromatic N) is 6. The van der Waals surface area contributed by atoms with Crippen LogP contribution in [0.2, 0.25) is 0 Å². The maximum absolute atomic E-state index is 11.5. The molecular weight excluding hydrogens is 873 g/mol. The molecule has 0 aliphatic carbocycles. The first-order valence-electron chi connectivity index (χ1n) is 20.1. The number of hydrogen-bond acceptors (Lipinski definition) is 12. The van der Waals surface area contributed by atoms with E-state index in [1.54, 1.807) is 18.5 Å². The molecule has 15 heteroatoms. The van der Waals surface area contributed by atoms with Crippen molar-refractivity contribution in [2.24, 2.45) is 0 Å². The van der Waals surface area contributed by atoms with Crippen LogP contribution >= 0.6 is 15.9 Å². The fraction of sp³-hybridized carbons (Fsp3) is 0.304. The molecule has 0 bridgehead atoms. The molecule has 6 heterocycles. The Balaban J connectivity index is 0.000000169. The van der Waals surface area contributed by atoms with Crippen molar-refractivity contribution in [1.29, 1.82) is 0 Å². The predicted octanol–water partition coefficient (Wildman–Crippen LogP) is 7.48. The lowest BCUT2D eigenvalue weighted by Gasteiger charge is -2.30. The number of pyridine rings is 4. The third-order valence-corrected chi connectivity index (χ3v) is 13.1. The lowest BCUT2D eigenvalue weighted by molar-refractivity contribution is 0.268. The van der Waals surface area contributed by atoms with Crippen LogP contribution < -0.4 is 11.1 Å². The van der Waals surface area contributed by atoms with Crippen molar-refractivity contribution in [3.8, 4) is 22.8 Å². The fourth-order valence-corrected chi connectivity index (χ4v) is 8.97. The van der Waals surface area contributed by atoms with Crippen LogP contribution in [0.5, 0.6) is 0 Å². The van der Waals surface area contributed by atoms with Gasteiger partial charge in [0.1, 0.15) is 31.3 Å². The van der Waals surface area contributed by atoms with Gasteiger partial charge in [-0.1, -0.05) is 64.5 Å². The smallest absolute Gasteiger partial charge is 0.148 e. The van der Waals surface area contributed by atoms with Gasteiger partial charge in [-0.2, -0.15) is 0 Å². The van der Waals surface area contributed by atoms with Gasteiger partial charge in [0.2, 0.25) is 0 Å². The zero-order chi connectivity index (χ0) is 43.6. The van der Waals surface area contributed by atoms with Gasteiger partial charge in [-0.3, -0.25) is 19.8 Å². The molecule has 6 aromatic rings. The molecule has 12 nitrogen and oxygen atoms in total. The molecule has 0 saturated carbocycles. The monoisotopic (exact) mass is 924 g/mol. The van der Waals surface area contributed by atoms with Crippen molar-refractivity contribution in [2.75, 3.05) is 61.2 Å². The highest BCUT2D eigenvalue weighted by Gasteiger charge is 2.21. The molecule has 2 aliphatic rings. The largest absolute Gasteiger partial charge is 0.384 e. The molecule has 2 aromatic carbocycles. The maximum atomic E-state index is 11.5. The summed E-state index contributed by atoms with van der Waals surface area (Å²) in [6.45, 7) is 8.64. The number of fused-ring (bicyclic) bond motifs is 2. The fourth-order valence-electron chi connectivity index (χ4n) is 7.18. The Morgan fingerprint density at radius 3 is 1.72 bits per heavy atom. The van der Waals surface area contributed by atoms with E-state index in [1.807, 2.05) is 74.5 Å². The summed E-state index contributed by atoms with van der Waals surface area (Å²) >= 11 is 3.56. The predicted molar refractivity (Wildman–Crippen MR) is 250 cm³/mol. The Bertz CT molecular complexity index is 2650. The van der Waals surface area contributed by atoms with E-state index in [1.165, 1.54) is 34.8 Å². The van der Waals surface area contributed by atoms with Crippen LogP contribution in [0.3, 0.4) is 0 Å². The van der Waals surface area contributed by atoms with E-state index in [0.29, 0.717) is 18.9 Å². The normalized spacial score (nSPS) is 14.0. The van der Waals surface area contributed by atoms with Crippen LogP contribution in [0.4, 0.5) is 17.3 Å². The Kier molecular flexibility index (Phi) is 15.4. The number of nitrogens with one attached hydrogen (secondary N) is 1. The first kappa shape index (κ1) is 45.5. The highest BCUT2D eigenvalue weighted by molar-refractivity contribution is 9.10. The van der Waals surface area contributed by atoms with Crippen molar-refractivity contribution in [2.45, 2.75) is 39.8 Å². The van der Waals surface area contributed by atoms with Gasteiger partial charge >= 0.3 is 0 Å². The average Bonchev–Trinajstić information content (AvgIpc) is 3.24. The SMILES string of the molecule is CS(=O)(=O)CCN1CCc2c(Br)cccc2C1.Cc1ccc(N)nc1-c1ccccn1.Cc1ccc(Nc2cccc3c2CCN(CCS(C)(=O)=O)C3)nc1-c1ccccn1. The second-order valence-corrected chi connectivity index (χ2v) is 20.8. The van der Waals surface area contributed by atoms with Crippen LogP contribution in [0.1, 0.15) is 33.4 Å². The van der Waals surface area contributed by atoms with E-state index in [9.17, 15) is 16.8 Å². The number of nitrogen functional groups attached to an aromatic ring is 1. The molecule has 0 saturated heterocycles. The molecule has 8 rings (SSSR count). The van der Waals surface area contributed by atoms with Gasteiger partial charge in [0.15, 0.2) is 0 Å². The minimum absolute atomic E-state index is 0.198. The molecule has 3 N–H and O–H groups in total. The van der Waals surface area contributed by atoms with Crippen LogP contribution in [-0.4, -0.2) is 96.8 Å². The van der Waals surface area contributed by atoms with E-state index in [4.69, 9.17) is 10.7 Å². The Morgan fingerprint density at radius 2 is 1.16 bits per heavy atom. The second-order valence-electron chi connectivity index (χ2n) is 15.5. The minimum Gasteiger partial charge on any atom is -0.384 e. The topological polar surface area (TPSA) is 164 Å². The molecule has 0 spiro atoms. The van der Waals surface area contributed by atoms with Crippen molar-refractivity contribution in [1.82, 2.24) is 29.7 Å². The first-order chi connectivity index (χ1) is 29.1. The first-order valence-corrected chi connectivity index (χ1v) is 25.0. The lowest BCUT2D eigenvalue weighted by atomic mass is 9.97. The third kappa shape index (κ3) is 13.5. The van der Waals surface area contributed by atoms with Gasteiger partial charge in [-0.25, -0.2) is 26.8 Å². The van der Waals surface area contributed by atoms with Gasteiger partial charge in [0.25, 0.3) is 0 Å². The number of halogens is 1. The molecule has 2 aliphatic heterocycles. The quantitative estimate of drug-likeness (QED) is 0.139. The zero-order valence-corrected chi connectivity index (χ0v) is 38.3. The van der Waals surface area contributed by atoms with Gasteiger partial charge in [-0.15, -0.1) is 0 Å². The number of rotatable bonds is 10.